The summed E-state index contributed by atoms with van der Waals surface area (Å²) in [5.74, 6) is 0.225. The topological polar surface area (TPSA) is 101 Å². The second kappa shape index (κ2) is 7.90. The van der Waals surface area contributed by atoms with Crippen molar-refractivity contribution in [1.82, 2.24) is 30.3 Å². The number of aromatic nitrogens is 3. The van der Waals surface area contributed by atoms with Gasteiger partial charge < -0.3 is 19.9 Å². The summed E-state index contributed by atoms with van der Waals surface area (Å²) in [5, 5.41) is 9.14. The Bertz CT molecular complexity index is 1110. The van der Waals surface area contributed by atoms with E-state index < -0.39 is 6.04 Å². The van der Waals surface area contributed by atoms with Crippen LogP contribution in [0.1, 0.15) is 22.0 Å². The van der Waals surface area contributed by atoms with Crippen LogP contribution in [0.3, 0.4) is 0 Å². The van der Waals surface area contributed by atoms with Crippen LogP contribution in [0.15, 0.2) is 54.8 Å². The number of carbonyl (C=O) groups is 2. The fourth-order valence-electron chi connectivity index (χ4n) is 3.16. The molecule has 4 rings (SSSR count). The summed E-state index contributed by atoms with van der Waals surface area (Å²) in [6, 6.07) is 6.47. The molecule has 0 saturated carbocycles. The molecule has 10 heteroatoms. The molecule has 9 nitrogen and oxygen atoms in total. The third kappa shape index (κ3) is 3.65. The molecule has 0 spiro atoms. The number of fused-ring (bicyclic) bond motifs is 1. The Morgan fingerprint density at radius 2 is 2.31 bits per heavy atom. The Labute approximate surface area is 170 Å². The lowest BCUT2D eigenvalue weighted by molar-refractivity contribution is -0.108. The van der Waals surface area contributed by atoms with Crippen molar-refractivity contribution in [3.63, 3.8) is 0 Å². The van der Waals surface area contributed by atoms with E-state index in [0.717, 1.165) is 11.8 Å². The molecular formula is C19H17ClN6O3. The maximum Gasteiger partial charge on any atom is 0.261 e. The number of aldehydes is 1. The van der Waals surface area contributed by atoms with E-state index in [1.54, 1.807) is 55.0 Å². The van der Waals surface area contributed by atoms with Crippen LogP contribution in [-0.4, -0.2) is 45.5 Å². The van der Waals surface area contributed by atoms with Crippen LogP contribution >= 0.6 is 11.6 Å². The Kier molecular flexibility index (Phi) is 5.15. The minimum atomic E-state index is -0.470. The first-order valence-electron chi connectivity index (χ1n) is 8.72. The molecule has 2 aromatic heterocycles. The molecule has 0 radical (unpaired) electrons. The zero-order valence-corrected chi connectivity index (χ0v) is 16.1. The maximum atomic E-state index is 12.9. The third-order valence-corrected chi connectivity index (χ3v) is 4.69. The van der Waals surface area contributed by atoms with E-state index in [1.807, 2.05) is 0 Å². The van der Waals surface area contributed by atoms with E-state index in [1.165, 1.54) is 10.7 Å². The number of nitrogens with one attached hydrogen (secondary N) is 2. The van der Waals surface area contributed by atoms with Gasteiger partial charge in [0, 0.05) is 29.2 Å². The van der Waals surface area contributed by atoms with Gasteiger partial charge in [0.15, 0.2) is 5.65 Å². The number of hydrazine groups is 1. The lowest BCUT2D eigenvalue weighted by atomic mass is 10.0. The van der Waals surface area contributed by atoms with Gasteiger partial charge >= 0.3 is 0 Å². The molecule has 1 aliphatic rings. The fourth-order valence-corrected chi connectivity index (χ4v) is 3.34. The van der Waals surface area contributed by atoms with Crippen molar-refractivity contribution in [3.8, 4) is 5.75 Å². The first-order valence-corrected chi connectivity index (χ1v) is 9.10. The number of halogens is 1. The third-order valence-electron chi connectivity index (χ3n) is 4.46. The molecule has 1 unspecified atom stereocenters. The standard InChI is InChI=1S/C19H17ClN6O3/c1-29-16-4-3-12(20)9-13(16)17-15(11-25(24-17)7-8-27)23-19(28)14-10-22-26-6-2-5-21-18(14)26/h2-6,8-11,17,24H,7H2,1H3,(H,23,28). The molecule has 1 aliphatic heterocycles. The number of methoxy groups -OCH3 is 1. The molecule has 3 heterocycles. The van der Waals surface area contributed by atoms with Gasteiger partial charge in [-0.3, -0.25) is 4.79 Å². The highest BCUT2D eigenvalue weighted by Gasteiger charge is 2.30. The molecule has 3 aromatic rings. The van der Waals surface area contributed by atoms with Gasteiger partial charge in [0.2, 0.25) is 0 Å². The van der Waals surface area contributed by atoms with Crippen molar-refractivity contribution in [1.29, 1.82) is 0 Å². The van der Waals surface area contributed by atoms with Crippen molar-refractivity contribution in [2.75, 3.05) is 13.7 Å². The van der Waals surface area contributed by atoms with Crippen LogP contribution in [0, 0.1) is 0 Å². The highest BCUT2D eigenvalue weighted by molar-refractivity contribution is 6.30. The predicted molar refractivity (Wildman–Crippen MR) is 105 cm³/mol. The summed E-state index contributed by atoms with van der Waals surface area (Å²) in [6.07, 6.45) is 7.18. The number of hydrogen-bond acceptors (Lipinski definition) is 7. The predicted octanol–water partition coefficient (Wildman–Crippen LogP) is 1.72. The van der Waals surface area contributed by atoms with Gasteiger partial charge in [-0.25, -0.2) is 14.9 Å². The maximum absolute atomic E-state index is 12.9. The summed E-state index contributed by atoms with van der Waals surface area (Å²) < 4.78 is 6.96. The Morgan fingerprint density at radius 1 is 1.45 bits per heavy atom. The number of ether oxygens (including phenoxy) is 1. The van der Waals surface area contributed by atoms with Gasteiger partial charge in [-0.15, -0.1) is 0 Å². The SMILES string of the molecule is COc1ccc(Cl)cc1C1NN(CC=O)C=C1NC(=O)c1cnn2cccnc12. The Morgan fingerprint density at radius 3 is 3.10 bits per heavy atom. The Balaban J connectivity index is 1.67. The minimum absolute atomic E-state index is 0.108. The second-order valence-electron chi connectivity index (χ2n) is 6.25. The fraction of sp³-hybridized carbons (Fsp3) is 0.158. The minimum Gasteiger partial charge on any atom is -0.496 e. The quantitative estimate of drug-likeness (QED) is 0.594. The van der Waals surface area contributed by atoms with E-state index in [9.17, 15) is 9.59 Å². The van der Waals surface area contributed by atoms with Crippen LogP contribution < -0.4 is 15.5 Å². The smallest absolute Gasteiger partial charge is 0.261 e. The number of nitrogens with zero attached hydrogens (tertiary/aromatic N) is 4. The molecule has 0 bridgehead atoms. The zero-order valence-electron chi connectivity index (χ0n) is 15.4. The number of carbonyl (C=O) groups excluding carboxylic acids is 2. The van der Waals surface area contributed by atoms with E-state index >= 15 is 0 Å². The van der Waals surface area contributed by atoms with Gasteiger partial charge in [-0.1, -0.05) is 11.6 Å². The van der Waals surface area contributed by atoms with Crippen molar-refractivity contribution < 1.29 is 14.3 Å². The average molecular weight is 413 g/mol. The molecule has 2 N–H and O–H groups in total. The van der Waals surface area contributed by atoms with Crippen molar-refractivity contribution in [2.45, 2.75) is 6.04 Å². The summed E-state index contributed by atoms with van der Waals surface area (Å²) in [4.78, 5) is 28.1. The normalized spacial score (nSPS) is 16.0. The van der Waals surface area contributed by atoms with Crippen molar-refractivity contribution in [2.24, 2.45) is 0 Å². The van der Waals surface area contributed by atoms with Gasteiger partial charge in [-0.2, -0.15) is 5.10 Å². The molecule has 148 valence electrons. The zero-order chi connectivity index (χ0) is 20.4. The van der Waals surface area contributed by atoms with Crippen molar-refractivity contribution >= 4 is 29.4 Å². The van der Waals surface area contributed by atoms with E-state index in [0.29, 0.717) is 27.7 Å². The highest BCUT2D eigenvalue weighted by Crippen LogP contribution is 2.34. The van der Waals surface area contributed by atoms with Gasteiger partial charge in [0.25, 0.3) is 5.91 Å². The summed E-state index contributed by atoms with van der Waals surface area (Å²) >= 11 is 6.17. The number of rotatable bonds is 6. The number of hydrogen-bond donors (Lipinski definition) is 2. The van der Waals surface area contributed by atoms with Crippen LogP contribution in [0.5, 0.6) is 5.75 Å². The average Bonchev–Trinajstić information content (AvgIpc) is 3.32. The molecule has 1 aromatic carbocycles. The summed E-state index contributed by atoms with van der Waals surface area (Å²) in [7, 11) is 1.55. The largest absolute Gasteiger partial charge is 0.496 e. The number of benzene rings is 1. The van der Waals surface area contributed by atoms with E-state index in [-0.39, 0.29) is 12.5 Å². The number of amides is 1. The summed E-state index contributed by atoms with van der Waals surface area (Å²) in [6.45, 7) is 0.108. The lowest BCUT2D eigenvalue weighted by Crippen LogP contribution is -2.34. The van der Waals surface area contributed by atoms with Gasteiger partial charge in [0.1, 0.15) is 17.6 Å². The van der Waals surface area contributed by atoms with Crippen molar-refractivity contribution in [3.05, 3.63) is 70.9 Å². The first-order chi connectivity index (χ1) is 14.1. The van der Waals surface area contributed by atoms with Crippen LogP contribution in [0.25, 0.3) is 5.65 Å². The molecule has 0 saturated heterocycles. The van der Waals surface area contributed by atoms with E-state index in [2.05, 4.69) is 20.8 Å². The monoisotopic (exact) mass is 412 g/mol. The first kappa shape index (κ1) is 18.9. The lowest BCUT2D eigenvalue weighted by Gasteiger charge is -2.21. The second-order valence-corrected chi connectivity index (χ2v) is 6.69. The highest BCUT2D eigenvalue weighted by atomic mass is 35.5. The van der Waals surface area contributed by atoms with Gasteiger partial charge in [0.05, 0.1) is 31.6 Å². The Hall–Kier alpha value is -3.43. The molecule has 29 heavy (non-hydrogen) atoms. The molecule has 1 atom stereocenters. The van der Waals surface area contributed by atoms with E-state index in [4.69, 9.17) is 16.3 Å². The molecule has 0 fully saturated rings. The molecule has 0 aliphatic carbocycles. The van der Waals surface area contributed by atoms with Crippen LogP contribution in [0.2, 0.25) is 5.02 Å². The van der Waals surface area contributed by atoms with Crippen LogP contribution in [0.4, 0.5) is 0 Å². The molecular weight excluding hydrogens is 396 g/mol. The van der Waals surface area contributed by atoms with Crippen LogP contribution in [-0.2, 0) is 4.79 Å². The van der Waals surface area contributed by atoms with Gasteiger partial charge in [-0.05, 0) is 24.3 Å². The summed E-state index contributed by atoms with van der Waals surface area (Å²) in [5.41, 5.74) is 5.20. The molecule has 1 amide bonds.